The first-order valence-electron chi connectivity index (χ1n) is 7.63. The van der Waals surface area contributed by atoms with Gasteiger partial charge in [-0.1, -0.05) is 29.3 Å². The molecule has 2 fully saturated rings. The third kappa shape index (κ3) is 4.11. The van der Waals surface area contributed by atoms with E-state index >= 15 is 0 Å². The highest BCUT2D eigenvalue weighted by Gasteiger charge is 2.27. The Morgan fingerprint density at radius 2 is 2.00 bits per heavy atom. The zero-order valence-corrected chi connectivity index (χ0v) is 13.3. The van der Waals surface area contributed by atoms with Gasteiger partial charge in [-0.05, 0) is 56.3 Å². The molecule has 0 aromatic heterocycles. The molecular weight excluding hydrogens is 291 g/mol. The van der Waals surface area contributed by atoms with Crippen LogP contribution in [0, 0.1) is 0 Å². The highest BCUT2D eigenvalue weighted by molar-refractivity contribution is 6.35. The van der Waals surface area contributed by atoms with Crippen LogP contribution >= 0.6 is 23.2 Å². The summed E-state index contributed by atoms with van der Waals surface area (Å²) in [4.78, 5) is 2.56. The van der Waals surface area contributed by atoms with Gasteiger partial charge in [-0.2, -0.15) is 0 Å². The fourth-order valence-electron chi connectivity index (χ4n) is 2.98. The van der Waals surface area contributed by atoms with E-state index in [9.17, 15) is 0 Å². The Balaban J connectivity index is 1.49. The molecule has 1 aromatic rings. The monoisotopic (exact) mass is 312 g/mol. The van der Waals surface area contributed by atoms with Crippen LogP contribution in [-0.4, -0.2) is 36.6 Å². The van der Waals surface area contributed by atoms with Crippen molar-refractivity contribution < 1.29 is 0 Å². The van der Waals surface area contributed by atoms with Gasteiger partial charge in [0.25, 0.3) is 0 Å². The molecule has 1 saturated heterocycles. The van der Waals surface area contributed by atoms with Gasteiger partial charge >= 0.3 is 0 Å². The van der Waals surface area contributed by atoms with Crippen LogP contribution in [0.15, 0.2) is 18.2 Å². The second kappa shape index (κ2) is 6.65. The summed E-state index contributed by atoms with van der Waals surface area (Å²) in [6.45, 7) is 3.49. The first kappa shape index (κ1) is 14.6. The Morgan fingerprint density at radius 1 is 1.15 bits per heavy atom. The smallest absolute Gasteiger partial charge is 0.0453 e. The first-order valence-corrected chi connectivity index (χ1v) is 8.38. The molecule has 3 rings (SSSR count). The van der Waals surface area contributed by atoms with Crippen LogP contribution in [0.25, 0.3) is 0 Å². The first-order chi connectivity index (χ1) is 9.70. The van der Waals surface area contributed by atoms with Crippen LogP contribution < -0.4 is 5.32 Å². The Labute approximate surface area is 131 Å². The Morgan fingerprint density at radius 3 is 2.75 bits per heavy atom. The van der Waals surface area contributed by atoms with E-state index in [1.165, 1.54) is 44.3 Å². The molecule has 0 amide bonds. The number of benzene rings is 1. The number of rotatable bonds is 5. The predicted molar refractivity (Wildman–Crippen MR) is 85.8 cm³/mol. The average molecular weight is 313 g/mol. The second-order valence-electron chi connectivity index (χ2n) is 6.07. The summed E-state index contributed by atoms with van der Waals surface area (Å²) in [5.74, 6) is 0. The normalized spacial score (nSPS) is 24.0. The lowest BCUT2D eigenvalue weighted by Gasteiger charge is -2.33. The summed E-state index contributed by atoms with van der Waals surface area (Å²) < 4.78 is 0. The van der Waals surface area contributed by atoms with Crippen molar-refractivity contribution in [3.05, 3.63) is 33.8 Å². The molecule has 4 heteroatoms. The van der Waals surface area contributed by atoms with Crippen molar-refractivity contribution in [3.63, 3.8) is 0 Å². The van der Waals surface area contributed by atoms with Crippen molar-refractivity contribution in [2.24, 2.45) is 0 Å². The number of hydrogen-bond acceptors (Lipinski definition) is 2. The number of hydrogen-bond donors (Lipinski definition) is 1. The Bertz CT molecular complexity index is 460. The van der Waals surface area contributed by atoms with Crippen molar-refractivity contribution in [1.82, 2.24) is 10.2 Å². The molecule has 1 atom stereocenters. The van der Waals surface area contributed by atoms with E-state index in [0.29, 0.717) is 11.1 Å². The van der Waals surface area contributed by atoms with Gasteiger partial charge in [-0.15, -0.1) is 0 Å². The van der Waals surface area contributed by atoms with Crippen LogP contribution in [0.5, 0.6) is 0 Å². The third-order valence-electron chi connectivity index (χ3n) is 4.27. The second-order valence-corrected chi connectivity index (χ2v) is 6.91. The van der Waals surface area contributed by atoms with Crippen molar-refractivity contribution in [3.8, 4) is 0 Å². The van der Waals surface area contributed by atoms with Crippen LogP contribution in [-0.2, 0) is 6.42 Å². The van der Waals surface area contributed by atoms with E-state index in [1.807, 2.05) is 12.1 Å². The summed E-state index contributed by atoms with van der Waals surface area (Å²) >= 11 is 12.2. The summed E-state index contributed by atoms with van der Waals surface area (Å²) in [5, 5.41) is 5.26. The van der Waals surface area contributed by atoms with Gasteiger partial charge in [0, 0.05) is 35.2 Å². The predicted octanol–water partition coefficient (Wildman–Crippen LogP) is 3.75. The molecule has 0 bridgehead atoms. The van der Waals surface area contributed by atoms with Gasteiger partial charge in [0.1, 0.15) is 0 Å². The van der Waals surface area contributed by atoms with Gasteiger partial charge in [0.2, 0.25) is 0 Å². The maximum absolute atomic E-state index is 6.24. The van der Waals surface area contributed by atoms with Crippen LogP contribution in [0.4, 0.5) is 0 Å². The summed E-state index contributed by atoms with van der Waals surface area (Å²) in [5.41, 5.74) is 1.20. The molecule has 1 aliphatic heterocycles. The molecule has 1 N–H and O–H groups in total. The van der Waals surface area contributed by atoms with Gasteiger partial charge in [0.15, 0.2) is 0 Å². The maximum atomic E-state index is 6.24. The van der Waals surface area contributed by atoms with E-state index < -0.39 is 0 Å². The van der Waals surface area contributed by atoms with Gasteiger partial charge in [-0.25, -0.2) is 0 Å². The molecule has 2 aliphatic rings. The highest BCUT2D eigenvalue weighted by Crippen LogP contribution is 2.23. The van der Waals surface area contributed by atoms with Crippen molar-refractivity contribution in [1.29, 1.82) is 0 Å². The fourth-order valence-corrected chi connectivity index (χ4v) is 3.48. The molecule has 1 unspecified atom stereocenters. The fraction of sp³-hybridized carbons (Fsp3) is 0.625. The summed E-state index contributed by atoms with van der Waals surface area (Å²) in [7, 11) is 0. The Hall–Kier alpha value is -0.280. The zero-order chi connectivity index (χ0) is 13.9. The largest absolute Gasteiger partial charge is 0.310 e. The molecule has 0 radical (unpaired) electrons. The van der Waals surface area contributed by atoms with Crippen LogP contribution in [0.1, 0.15) is 31.2 Å². The summed E-state index contributed by atoms with van der Waals surface area (Å²) in [6, 6.07) is 7.32. The van der Waals surface area contributed by atoms with Crippen LogP contribution in [0.3, 0.4) is 0 Å². The lowest BCUT2D eigenvalue weighted by atomic mass is 10.0. The van der Waals surface area contributed by atoms with E-state index in [0.717, 1.165) is 24.0 Å². The van der Waals surface area contributed by atoms with E-state index in [-0.39, 0.29) is 0 Å². The third-order valence-corrected chi connectivity index (χ3v) is 4.85. The lowest BCUT2D eigenvalue weighted by molar-refractivity contribution is 0.191. The minimum absolute atomic E-state index is 0.692. The van der Waals surface area contributed by atoms with E-state index in [4.69, 9.17) is 23.2 Å². The molecule has 0 spiro atoms. The van der Waals surface area contributed by atoms with Crippen molar-refractivity contribution in [2.45, 2.75) is 44.2 Å². The van der Waals surface area contributed by atoms with E-state index in [2.05, 4.69) is 16.3 Å². The minimum atomic E-state index is 0.692. The number of nitrogens with zero attached hydrogens (tertiary/aromatic N) is 1. The maximum Gasteiger partial charge on any atom is 0.0453 e. The van der Waals surface area contributed by atoms with Crippen molar-refractivity contribution >= 4 is 23.2 Å². The quantitative estimate of drug-likeness (QED) is 0.890. The molecule has 1 aliphatic carbocycles. The van der Waals surface area contributed by atoms with Gasteiger partial charge < -0.3 is 10.2 Å². The van der Waals surface area contributed by atoms with Gasteiger partial charge in [-0.3, -0.25) is 0 Å². The molecule has 20 heavy (non-hydrogen) atoms. The SMILES string of the molecule is Clc1ccc(CCN2CCCC(NC3CC3)C2)c(Cl)c1. The molecular formula is C16H22Cl2N2. The molecule has 2 nitrogen and oxygen atoms in total. The highest BCUT2D eigenvalue weighted by atomic mass is 35.5. The number of piperidine rings is 1. The zero-order valence-electron chi connectivity index (χ0n) is 11.7. The number of nitrogens with one attached hydrogen (secondary N) is 1. The molecule has 110 valence electrons. The molecule has 1 heterocycles. The molecule has 1 aromatic carbocycles. The molecule has 1 saturated carbocycles. The minimum Gasteiger partial charge on any atom is -0.310 e. The standard InChI is InChI=1S/C16H22Cl2N2/c17-13-4-3-12(16(18)10-13)7-9-20-8-1-2-15(11-20)19-14-5-6-14/h3-4,10,14-15,19H,1-2,5-9,11H2. The number of halogens is 2. The Kier molecular flexibility index (Phi) is 4.87. The van der Waals surface area contributed by atoms with Gasteiger partial charge in [0.05, 0.1) is 0 Å². The van der Waals surface area contributed by atoms with Crippen molar-refractivity contribution in [2.75, 3.05) is 19.6 Å². The summed E-state index contributed by atoms with van der Waals surface area (Å²) in [6.07, 6.45) is 6.38. The van der Waals surface area contributed by atoms with E-state index in [1.54, 1.807) is 0 Å². The van der Waals surface area contributed by atoms with Crippen LogP contribution in [0.2, 0.25) is 10.0 Å². The lowest BCUT2D eigenvalue weighted by Crippen LogP contribution is -2.46. The number of likely N-dealkylation sites (tertiary alicyclic amines) is 1. The average Bonchev–Trinajstić information content (AvgIpc) is 3.22. The topological polar surface area (TPSA) is 15.3 Å².